The maximum Gasteiger partial charge on any atom is 0.203 e. The summed E-state index contributed by atoms with van der Waals surface area (Å²) in [5.41, 5.74) is 2.01. The van der Waals surface area contributed by atoms with Crippen LogP contribution in [0.3, 0.4) is 0 Å². The number of ether oxygens (including phenoxy) is 5. The zero-order valence-electron chi connectivity index (χ0n) is 20.8. The van der Waals surface area contributed by atoms with Crippen LogP contribution in [0.2, 0.25) is 0 Å². The second-order valence-corrected chi connectivity index (χ2v) is 7.49. The summed E-state index contributed by atoms with van der Waals surface area (Å²) < 4.78 is 41.3. The molecular formula is C28H28FNO6. The van der Waals surface area contributed by atoms with Crippen molar-refractivity contribution in [2.24, 2.45) is 4.99 Å². The number of aliphatic imine (C=N–C) groups is 1. The predicted molar refractivity (Wildman–Crippen MR) is 138 cm³/mol. The highest BCUT2D eigenvalue weighted by Crippen LogP contribution is 2.39. The average Bonchev–Trinajstić information content (AvgIpc) is 2.90. The highest BCUT2D eigenvalue weighted by atomic mass is 19.1. The zero-order chi connectivity index (χ0) is 26.1. The fraction of sp³-hybridized carbons (Fsp3) is 0.214. The molecule has 0 saturated heterocycles. The lowest BCUT2D eigenvalue weighted by Gasteiger charge is -2.13. The van der Waals surface area contributed by atoms with Crippen molar-refractivity contribution in [3.8, 4) is 28.7 Å². The number of nitrogens with zero attached hydrogens (tertiary/aromatic N) is 1. The van der Waals surface area contributed by atoms with Crippen molar-refractivity contribution in [1.29, 1.82) is 0 Å². The van der Waals surface area contributed by atoms with Crippen molar-refractivity contribution in [3.05, 3.63) is 71.0 Å². The first-order valence-corrected chi connectivity index (χ1v) is 11.0. The lowest BCUT2D eigenvalue weighted by atomic mass is 10.1. The van der Waals surface area contributed by atoms with E-state index in [0.29, 0.717) is 34.1 Å². The Morgan fingerprint density at radius 2 is 1.36 bits per heavy atom. The fourth-order valence-corrected chi connectivity index (χ4v) is 3.60. The van der Waals surface area contributed by atoms with Gasteiger partial charge in [0.15, 0.2) is 28.8 Å². The van der Waals surface area contributed by atoms with Crippen LogP contribution in [0.4, 0.5) is 10.1 Å². The van der Waals surface area contributed by atoms with Crippen LogP contribution in [-0.2, 0) is 0 Å². The number of halogens is 1. The summed E-state index contributed by atoms with van der Waals surface area (Å²) in [6.45, 7) is 0. The van der Waals surface area contributed by atoms with Gasteiger partial charge in [0.25, 0.3) is 0 Å². The van der Waals surface area contributed by atoms with Gasteiger partial charge in [-0.3, -0.25) is 9.79 Å². The van der Waals surface area contributed by atoms with E-state index in [2.05, 4.69) is 4.99 Å². The SMILES string of the molecule is COc1ccccc1C(=O)CC=Nc1cc(/C=C\c2cc(OC)c(OC)c(OC)c2)cc(F)c1OC. The summed E-state index contributed by atoms with van der Waals surface area (Å²) in [4.78, 5) is 16.9. The molecular weight excluding hydrogens is 465 g/mol. The van der Waals surface area contributed by atoms with Crippen LogP contribution in [0.25, 0.3) is 12.2 Å². The van der Waals surface area contributed by atoms with Crippen molar-refractivity contribution in [3.63, 3.8) is 0 Å². The smallest absolute Gasteiger partial charge is 0.203 e. The van der Waals surface area contributed by atoms with Gasteiger partial charge in [-0.1, -0.05) is 24.3 Å². The molecule has 0 amide bonds. The molecule has 7 nitrogen and oxygen atoms in total. The number of carbonyl (C=O) groups is 1. The van der Waals surface area contributed by atoms with Gasteiger partial charge in [0.1, 0.15) is 11.4 Å². The molecule has 0 aromatic heterocycles. The number of para-hydroxylation sites is 1. The summed E-state index contributed by atoms with van der Waals surface area (Å²) in [6, 6.07) is 13.5. The van der Waals surface area contributed by atoms with E-state index in [9.17, 15) is 9.18 Å². The lowest BCUT2D eigenvalue weighted by Crippen LogP contribution is -2.02. The number of methoxy groups -OCH3 is 5. The van der Waals surface area contributed by atoms with Crippen molar-refractivity contribution in [1.82, 2.24) is 0 Å². The third-order valence-electron chi connectivity index (χ3n) is 5.32. The molecule has 188 valence electrons. The molecule has 0 fully saturated rings. The Morgan fingerprint density at radius 1 is 0.778 bits per heavy atom. The van der Waals surface area contributed by atoms with Gasteiger partial charge < -0.3 is 23.7 Å². The molecule has 3 aromatic carbocycles. The van der Waals surface area contributed by atoms with Gasteiger partial charge in [-0.2, -0.15) is 0 Å². The molecule has 0 bridgehead atoms. The molecule has 0 saturated carbocycles. The van der Waals surface area contributed by atoms with E-state index in [0.717, 1.165) is 5.56 Å². The zero-order valence-corrected chi connectivity index (χ0v) is 20.8. The minimum Gasteiger partial charge on any atom is -0.496 e. The first-order valence-electron chi connectivity index (χ1n) is 11.0. The minimum absolute atomic E-state index is 0.0106. The summed E-state index contributed by atoms with van der Waals surface area (Å²) >= 11 is 0. The van der Waals surface area contributed by atoms with E-state index >= 15 is 0 Å². The molecule has 0 atom stereocenters. The maximum atomic E-state index is 14.7. The molecule has 0 aliphatic heterocycles. The lowest BCUT2D eigenvalue weighted by molar-refractivity contribution is 0.0998. The second-order valence-electron chi connectivity index (χ2n) is 7.49. The first-order chi connectivity index (χ1) is 17.4. The van der Waals surface area contributed by atoms with Gasteiger partial charge in [-0.25, -0.2) is 4.39 Å². The average molecular weight is 494 g/mol. The standard InChI is InChI=1S/C28H28FNO6/c1-32-24-9-7-6-8-20(24)23(31)12-13-30-22-15-18(14-21(29)27(22)35-4)10-11-19-16-25(33-2)28(36-5)26(17-19)34-3/h6-11,13-17H,12H2,1-5H3/b11-10-,30-13?. The number of hydrogen-bond acceptors (Lipinski definition) is 7. The van der Waals surface area contributed by atoms with Crippen LogP contribution >= 0.6 is 0 Å². The summed E-state index contributed by atoms with van der Waals surface area (Å²) in [5, 5.41) is 0. The van der Waals surface area contributed by atoms with E-state index in [4.69, 9.17) is 23.7 Å². The third-order valence-corrected chi connectivity index (χ3v) is 5.32. The van der Waals surface area contributed by atoms with Crippen LogP contribution in [0, 0.1) is 5.82 Å². The Morgan fingerprint density at radius 3 is 1.94 bits per heavy atom. The first kappa shape index (κ1) is 26.3. The molecule has 36 heavy (non-hydrogen) atoms. The van der Waals surface area contributed by atoms with Gasteiger partial charge in [0.05, 0.1) is 41.1 Å². The predicted octanol–water partition coefficient (Wildman–Crippen LogP) is 6.01. The minimum atomic E-state index is -0.576. The van der Waals surface area contributed by atoms with Gasteiger partial charge >= 0.3 is 0 Å². The van der Waals surface area contributed by atoms with Crippen molar-refractivity contribution in [2.45, 2.75) is 6.42 Å². The number of benzene rings is 3. The molecule has 3 rings (SSSR count). The molecule has 0 heterocycles. The van der Waals surface area contributed by atoms with E-state index in [1.165, 1.54) is 47.8 Å². The normalized spacial score (nSPS) is 11.1. The van der Waals surface area contributed by atoms with Crippen molar-refractivity contribution >= 4 is 29.8 Å². The Kier molecular flexibility index (Phi) is 9.05. The second kappa shape index (κ2) is 12.4. The molecule has 8 heteroatoms. The largest absolute Gasteiger partial charge is 0.496 e. The van der Waals surface area contributed by atoms with Gasteiger partial charge in [0, 0.05) is 12.6 Å². The summed E-state index contributed by atoms with van der Waals surface area (Å²) in [6.07, 6.45) is 4.95. The molecule has 0 N–H and O–H groups in total. The number of rotatable bonds is 11. The molecule has 0 radical (unpaired) electrons. The Bertz CT molecular complexity index is 1260. The van der Waals surface area contributed by atoms with Crippen LogP contribution in [0.15, 0.2) is 53.5 Å². The monoisotopic (exact) mass is 493 g/mol. The van der Waals surface area contributed by atoms with E-state index in [1.807, 2.05) is 0 Å². The highest BCUT2D eigenvalue weighted by molar-refractivity contribution is 6.05. The van der Waals surface area contributed by atoms with Gasteiger partial charge in [-0.15, -0.1) is 0 Å². The van der Waals surface area contributed by atoms with Crippen LogP contribution < -0.4 is 23.7 Å². The topological polar surface area (TPSA) is 75.6 Å². The molecule has 0 aliphatic rings. The fourth-order valence-electron chi connectivity index (χ4n) is 3.60. The van der Waals surface area contributed by atoms with Crippen LogP contribution in [0.1, 0.15) is 27.9 Å². The van der Waals surface area contributed by atoms with Crippen LogP contribution in [0.5, 0.6) is 28.7 Å². The number of hydrogen-bond donors (Lipinski definition) is 0. The van der Waals surface area contributed by atoms with Crippen molar-refractivity contribution < 1.29 is 32.9 Å². The maximum absolute atomic E-state index is 14.7. The Hall–Kier alpha value is -4.33. The number of carbonyl (C=O) groups excluding carboxylic acids is 1. The molecule has 0 spiro atoms. The van der Waals surface area contributed by atoms with E-state index < -0.39 is 5.82 Å². The van der Waals surface area contributed by atoms with E-state index in [1.54, 1.807) is 54.6 Å². The highest BCUT2D eigenvalue weighted by Gasteiger charge is 2.14. The number of Topliss-reactive ketones (excluding diaryl/α,β-unsaturated/α-hetero) is 1. The third kappa shape index (κ3) is 6.02. The summed E-state index contributed by atoms with van der Waals surface area (Å²) in [7, 11) is 7.47. The quantitative estimate of drug-likeness (QED) is 0.185. The van der Waals surface area contributed by atoms with Gasteiger partial charge in [0.2, 0.25) is 5.75 Å². The van der Waals surface area contributed by atoms with Gasteiger partial charge in [-0.05, 0) is 47.5 Å². The Balaban J connectivity index is 1.87. The van der Waals surface area contributed by atoms with E-state index in [-0.39, 0.29) is 23.6 Å². The molecule has 3 aromatic rings. The van der Waals surface area contributed by atoms with Crippen LogP contribution in [-0.4, -0.2) is 47.5 Å². The number of ketones is 1. The summed E-state index contributed by atoms with van der Waals surface area (Å²) in [5.74, 6) is 1.21. The molecule has 0 aliphatic carbocycles. The molecule has 0 unspecified atom stereocenters. The van der Waals surface area contributed by atoms with Crippen molar-refractivity contribution in [2.75, 3.05) is 35.5 Å². The Labute approximate surface area is 209 Å².